The second kappa shape index (κ2) is 7.39. The van der Waals surface area contributed by atoms with E-state index in [9.17, 15) is 19.5 Å². The molecule has 0 aromatic heterocycles. The van der Waals surface area contributed by atoms with Crippen LogP contribution in [0.4, 0.5) is 4.79 Å². The van der Waals surface area contributed by atoms with Crippen molar-refractivity contribution < 1.29 is 29.0 Å². The highest BCUT2D eigenvalue weighted by Gasteiger charge is 2.41. The van der Waals surface area contributed by atoms with Crippen molar-refractivity contribution in [2.75, 3.05) is 13.7 Å². The Morgan fingerprint density at radius 1 is 1.42 bits per heavy atom. The Bertz CT molecular complexity index is 715. The minimum absolute atomic E-state index is 0.0126. The first-order chi connectivity index (χ1) is 11.4. The van der Waals surface area contributed by atoms with Gasteiger partial charge in [0.15, 0.2) is 11.5 Å². The van der Waals surface area contributed by atoms with Gasteiger partial charge >= 0.3 is 5.97 Å². The van der Waals surface area contributed by atoms with Crippen LogP contribution in [0.2, 0.25) is 0 Å². The smallest absolute Gasteiger partial charge is 0.328 e. The number of imide groups is 1. The van der Waals surface area contributed by atoms with Crippen molar-refractivity contribution in [2.45, 2.75) is 19.9 Å². The van der Waals surface area contributed by atoms with Gasteiger partial charge in [0.1, 0.15) is 6.04 Å². The van der Waals surface area contributed by atoms with Gasteiger partial charge in [-0.25, -0.2) is 4.79 Å². The van der Waals surface area contributed by atoms with Crippen molar-refractivity contribution in [3.05, 3.63) is 28.7 Å². The fraction of sp³-hybridized carbons (Fsp3) is 0.312. The Labute approximate surface area is 143 Å². The molecule has 0 aliphatic carbocycles. The monoisotopic (exact) mass is 351 g/mol. The molecule has 1 aliphatic heterocycles. The SMILES string of the molecule is CCOc1cc(/C=C2\SC(=O)N([C@@H](C)C(=O)OC)C2=O)ccc1O. The molecule has 7 nitrogen and oxygen atoms in total. The van der Waals surface area contributed by atoms with Crippen LogP contribution in [0.25, 0.3) is 6.08 Å². The highest BCUT2D eigenvalue weighted by atomic mass is 32.2. The number of phenols is 1. The van der Waals surface area contributed by atoms with Crippen LogP contribution in [-0.4, -0.2) is 46.9 Å². The summed E-state index contributed by atoms with van der Waals surface area (Å²) in [4.78, 5) is 37.0. The van der Waals surface area contributed by atoms with Crippen molar-refractivity contribution in [3.8, 4) is 11.5 Å². The predicted octanol–water partition coefficient (Wildman–Crippen LogP) is 2.39. The molecule has 0 radical (unpaired) electrons. The Kier molecular flexibility index (Phi) is 5.50. The number of methoxy groups -OCH3 is 1. The predicted molar refractivity (Wildman–Crippen MR) is 88.6 cm³/mol. The van der Waals surface area contributed by atoms with E-state index in [0.29, 0.717) is 12.2 Å². The maximum absolute atomic E-state index is 12.4. The van der Waals surface area contributed by atoms with Gasteiger partial charge in [-0.1, -0.05) is 6.07 Å². The maximum Gasteiger partial charge on any atom is 0.328 e. The molecule has 1 N–H and O–H groups in total. The quantitative estimate of drug-likeness (QED) is 0.643. The molecule has 1 aliphatic rings. The highest BCUT2D eigenvalue weighted by Crippen LogP contribution is 2.35. The van der Waals surface area contributed by atoms with E-state index < -0.39 is 23.2 Å². The molecule has 1 saturated heterocycles. The number of hydrogen-bond donors (Lipinski definition) is 1. The van der Waals surface area contributed by atoms with Gasteiger partial charge in [0.25, 0.3) is 11.1 Å². The summed E-state index contributed by atoms with van der Waals surface area (Å²) in [5.41, 5.74) is 0.590. The summed E-state index contributed by atoms with van der Waals surface area (Å²) < 4.78 is 9.86. The van der Waals surface area contributed by atoms with E-state index in [1.54, 1.807) is 19.1 Å². The Balaban J connectivity index is 2.29. The number of rotatable bonds is 5. The third-order valence-corrected chi connectivity index (χ3v) is 4.22. The molecule has 1 heterocycles. The number of carbonyl (C=O) groups is 3. The summed E-state index contributed by atoms with van der Waals surface area (Å²) in [5, 5.41) is 9.16. The Morgan fingerprint density at radius 3 is 2.75 bits per heavy atom. The summed E-state index contributed by atoms with van der Waals surface area (Å²) in [6.45, 7) is 3.59. The maximum atomic E-state index is 12.4. The van der Waals surface area contributed by atoms with Crippen molar-refractivity contribution in [1.29, 1.82) is 0 Å². The van der Waals surface area contributed by atoms with E-state index in [0.717, 1.165) is 16.7 Å². The zero-order valence-electron chi connectivity index (χ0n) is 13.4. The molecule has 0 saturated carbocycles. The summed E-state index contributed by atoms with van der Waals surface area (Å²) in [7, 11) is 1.19. The largest absolute Gasteiger partial charge is 0.504 e. The molecule has 2 rings (SSSR count). The zero-order valence-corrected chi connectivity index (χ0v) is 14.3. The second-order valence-electron chi connectivity index (χ2n) is 4.91. The number of phenolic OH excluding ortho intramolecular Hbond substituents is 1. The van der Waals surface area contributed by atoms with Crippen LogP contribution in [0.1, 0.15) is 19.4 Å². The number of aromatic hydroxyl groups is 1. The van der Waals surface area contributed by atoms with Crippen molar-refractivity contribution in [2.24, 2.45) is 0 Å². The van der Waals surface area contributed by atoms with Gasteiger partial charge in [0.05, 0.1) is 18.6 Å². The van der Waals surface area contributed by atoms with E-state index in [1.807, 2.05) is 0 Å². The van der Waals surface area contributed by atoms with E-state index >= 15 is 0 Å². The summed E-state index contributed by atoms with van der Waals surface area (Å²) in [6, 6.07) is 3.61. The van der Waals surface area contributed by atoms with Crippen LogP contribution < -0.4 is 4.74 Å². The number of benzene rings is 1. The zero-order chi connectivity index (χ0) is 17.9. The molecule has 2 amide bonds. The third-order valence-electron chi connectivity index (χ3n) is 3.33. The van der Waals surface area contributed by atoms with Crippen LogP contribution >= 0.6 is 11.8 Å². The first kappa shape index (κ1) is 17.9. The van der Waals surface area contributed by atoms with E-state index in [4.69, 9.17) is 4.74 Å². The number of ether oxygens (including phenoxy) is 2. The average molecular weight is 351 g/mol. The van der Waals surface area contributed by atoms with Gasteiger partial charge in [-0.3, -0.25) is 14.5 Å². The normalized spacial score (nSPS) is 17.3. The van der Waals surface area contributed by atoms with Crippen LogP contribution in [-0.2, 0) is 14.3 Å². The van der Waals surface area contributed by atoms with E-state index in [1.165, 1.54) is 26.2 Å². The van der Waals surface area contributed by atoms with Gasteiger partial charge in [-0.15, -0.1) is 0 Å². The van der Waals surface area contributed by atoms with Gasteiger partial charge in [0, 0.05) is 0 Å². The lowest BCUT2D eigenvalue weighted by atomic mass is 10.1. The molecular weight excluding hydrogens is 334 g/mol. The number of esters is 1. The molecule has 0 bridgehead atoms. The summed E-state index contributed by atoms with van der Waals surface area (Å²) >= 11 is 0.744. The van der Waals surface area contributed by atoms with Gasteiger partial charge in [-0.2, -0.15) is 0 Å². The standard InChI is InChI=1S/C16H17NO6S/c1-4-23-12-7-10(5-6-11(12)18)8-13-14(19)17(16(21)24-13)9(2)15(20)22-3/h5-9,18H,4H2,1-3H3/b13-8-/t9-/m0/s1. The minimum atomic E-state index is -0.993. The van der Waals surface area contributed by atoms with Crippen LogP contribution in [0.5, 0.6) is 11.5 Å². The lowest BCUT2D eigenvalue weighted by molar-refractivity contribution is -0.148. The summed E-state index contributed by atoms with van der Waals surface area (Å²) in [6.07, 6.45) is 1.51. The molecule has 0 unspecified atom stereocenters. The van der Waals surface area contributed by atoms with Crippen LogP contribution in [0, 0.1) is 0 Å². The number of carbonyl (C=O) groups excluding carboxylic acids is 3. The molecule has 8 heteroatoms. The highest BCUT2D eigenvalue weighted by molar-refractivity contribution is 8.18. The lowest BCUT2D eigenvalue weighted by Gasteiger charge is -2.18. The second-order valence-corrected chi connectivity index (χ2v) is 5.90. The summed E-state index contributed by atoms with van der Waals surface area (Å²) in [5.74, 6) is -0.953. The first-order valence-electron chi connectivity index (χ1n) is 7.19. The number of thioether (sulfide) groups is 1. The average Bonchev–Trinajstić information content (AvgIpc) is 2.83. The molecule has 1 fully saturated rings. The van der Waals surface area contributed by atoms with Crippen LogP contribution in [0.15, 0.2) is 23.1 Å². The lowest BCUT2D eigenvalue weighted by Crippen LogP contribution is -2.42. The number of hydrogen-bond acceptors (Lipinski definition) is 7. The molecule has 24 heavy (non-hydrogen) atoms. The molecule has 1 atom stereocenters. The van der Waals surface area contributed by atoms with E-state index in [-0.39, 0.29) is 16.4 Å². The van der Waals surface area contributed by atoms with Gasteiger partial charge in [-0.05, 0) is 49.4 Å². The fourth-order valence-corrected chi connectivity index (χ4v) is 3.04. The third kappa shape index (κ3) is 3.53. The number of nitrogens with zero attached hydrogens (tertiary/aromatic N) is 1. The topological polar surface area (TPSA) is 93.1 Å². The molecular formula is C16H17NO6S. The van der Waals surface area contributed by atoms with Crippen molar-refractivity contribution in [3.63, 3.8) is 0 Å². The molecule has 1 aromatic rings. The van der Waals surface area contributed by atoms with Gasteiger partial charge < -0.3 is 14.6 Å². The first-order valence-corrected chi connectivity index (χ1v) is 8.01. The van der Waals surface area contributed by atoms with E-state index in [2.05, 4.69) is 4.74 Å². The molecule has 0 spiro atoms. The molecule has 128 valence electrons. The Morgan fingerprint density at radius 2 is 2.12 bits per heavy atom. The van der Waals surface area contributed by atoms with Crippen molar-refractivity contribution in [1.82, 2.24) is 4.90 Å². The Hall–Kier alpha value is -2.48. The minimum Gasteiger partial charge on any atom is -0.504 e. The number of amides is 2. The molecule has 1 aromatic carbocycles. The van der Waals surface area contributed by atoms with Gasteiger partial charge in [0.2, 0.25) is 0 Å². The fourth-order valence-electron chi connectivity index (χ4n) is 2.13. The van der Waals surface area contributed by atoms with Crippen molar-refractivity contribution >= 4 is 35.0 Å². The van der Waals surface area contributed by atoms with Crippen LogP contribution in [0.3, 0.4) is 0 Å².